The molecule has 1 aliphatic heterocycles. The van der Waals surface area contributed by atoms with Crippen molar-refractivity contribution < 1.29 is 4.79 Å². The Morgan fingerprint density at radius 3 is 2.77 bits per heavy atom. The Morgan fingerprint density at radius 2 is 2.00 bits per heavy atom. The third kappa shape index (κ3) is 2.83. The molecule has 162 valence electrons. The predicted octanol–water partition coefficient (Wildman–Crippen LogP) is 5.89. The molecule has 6 atom stereocenters. The summed E-state index contributed by atoms with van der Waals surface area (Å²) < 4.78 is 0. The molecule has 3 aliphatic carbocycles. The maximum absolute atomic E-state index is 12.4. The summed E-state index contributed by atoms with van der Waals surface area (Å²) in [7, 11) is 0. The summed E-state index contributed by atoms with van der Waals surface area (Å²) >= 11 is 0. The smallest absolute Gasteiger partial charge is 0.219 e. The van der Waals surface area contributed by atoms with E-state index in [1.807, 2.05) is 6.20 Å². The first-order valence-electron chi connectivity index (χ1n) is 12.3. The zero-order valence-corrected chi connectivity index (χ0v) is 19.3. The summed E-state index contributed by atoms with van der Waals surface area (Å²) in [5, 5.41) is 0. The van der Waals surface area contributed by atoms with E-state index in [0.717, 1.165) is 30.7 Å². The lowest BCUT2D eigenvalue weighted by Gasteiger charge is -2.62. The molecule has 2 unspecified atom stereocenters. The zero-order chi connectivity index (χ0) is 21.1. The van der Waals surface area contributed by atoms with E-state index in [0.29, 0.717) is 11.5 Å². The molecule has 1 aromatic rings. The number of hydrogen-bond donors (Lipinski definition) is 0. The van der Waals surface area contributed by atoms with Gasteiger partial charge in [-0.2, -0.15) is 0 Å². The predicted molar refractivity (Wildman–Crippen MR) is 122 cm³/mol. The summed E-state index contributed by atoms with van der Waals surface area (Å²) in [6, 6.07) is 2.84. The fraction of sp³-hybridized carbons (Fsp3) is 0.704. The van der Waals surface area contributed by atoms with Crippen LogP contribution in [0.15, 0.2) is 24.5 Å². The highest BCUT2D eigenvalue weighted by molar-refractivity contribution is 5.74. The molecule has 5 rings (SSSR count). The molecule has 1 aromatic heterocycles. The van der Waals surface area contributed by atoms with E-state index in [1.165, 1.54) is 56.1 Å². The Labute approximate surface area is 182 Å². The third-order valence-corrected chi connectivity index (χ3v) is 9.81. The number of carbonyl (C=O) groups is 1. The Kier molecular flexibility index (Phi) is 4.87. The van der Waals surface area contributed by atoms with Crippen LogP contribution in [-0.2, 0) is 11.2 Å². The average Bonchev–Trinajstić information content (AvgIpc) is 3.10. The highest BCUT2D eigenvalue weighted by Crippen LogP contribution is 2.66. The van der Waals surface area contributed by atoms with E-state index < -0.39 is 0 Å². The second-order valence-corrected chi connectivity index (χ2v) is 11.0. The van der Waals surface area contributed by atoms with Gasteiger partial charge in [0.05, 0.1) is 0 Å². The van der Waals surface area contributed by atoms with Crippen LogP contribution in [0.5, 0.6) is 0 Å². The quantitative estimate of drug-likeness (QED) is 0.613. The maximum atomic E-state index is 12.4. The number of nitrogens with zero attached hydrogens (tertiary/aromatic N) is 2. The van der Waals surface area contributed by atoms with Gasteiger partial charge in [-0.15, -0.1) is 0 Å². The minimum Gasteiger partial charge on any atom is -0.339 e. The minimum atomic E-state index is 0.285. The van der Waals surface area contributed by atoms with Gasteiger partial charge in [0, 0.05) is 31.9 Å². The van der Waals surface area contributed by atoms with Crippen molar-refractivity contribution in [2.75, 3.05) is 6.54 Å². The van der Waals surface area contributed by atoms with Gasteiger partial charge in [0.25, 0.3) is 0 Å². The van der Waals surface area contributed by atoms with Gasteiger partial charge in [-0.3, -0.25) is 9.78 Å². The van der Waals surface area contributed by atoms with Gasteiger partial charge in [-0.1, -0.05) is 26.8 Å². The van der Waals surface area contributed by atoms with Crippen LogP contribution in [0.25, 0.3) is 5.57 Å². The average molecular weight is 407 g/mol. The van der Waals surface area contributed by atoms with Crippen molar-refractivity contribution in [2.24, 2.45) is 28.6 Å². The van der Waals surface area contributed by atoms with Crippen LogP contribution in [0.4, 0.5) is 0 Å². The largest absolute Gasteiger partial charge is 0.339 e. The lowest BCUT2D eigenvalue weighted by Crippen LogP contribution is -2.61. The first kappa shape index (κ1) is 20.3. The molecule has 1 amide bonds. The van der Waals surface area contributed by atoms with Gasteiger partial charge in [-0.25, -0.2) is 0 Å². The molecule has 1 saturated heterocycles. The first-order chi connectivity index (χ1) is 14.4. The van der Waals surface area contributed by atoms with E-state index in [1.54, 1.807) is 12.5 Å². The zero-order valence-electron chi connectivity index (χ0n) is 19.3. The van der Waals surface area contributed by atoms with Gasteiger partial charge in [-0.05, 0) is 103 Å². The summed E-state index contributed by atoms with van der Waals surface area (Å²) in [6.07, 6.45) is 16.5. The Bertz CT molecular complexity index is 875. The van der Waals surface area contributed by atoms with Crippen LogP contribution in [0.2, 0.25) is 0 Å². The summed E-state index contributed by atoms with van der Waals surface area (Å²) in [6.45, 7) is 10.0. The standard InChI is InChI=1S/C27H38N2O/c1-5-19-15-20(17-28-16-19)22-8-9-23-21-7-10-25-27(4,12-6-14-29(25)18(2)30)24(21)11-13-26(22,23)3/h8,15-17,21,23-25H,5-7,9-14H2,1-4H3/t21?,23-,24-,25?,26+,27+/m0/s1. The number of carbonyl (C=O) groups excluding carboxylic acids is 1. The molecule has 0 aromatic carbocycles. The van der Waals surface area contributed by atoms with Crippen LogP contribution >= 0.6 is 0 Å². The number of pyridine rings is 1. The summed E-state index contributed by atoms with van der Waals surface area (Å²) in [4.78, 5) is 19.1. The molecular formula is C27H38N2O. The number of aromatic nitrogens is 1. The maximum Gasteiger partial charge on any atom is 0.219 e. The number of allylic oxidation sites excluding steroid dienone is 2. The van der Waals surface area contributed by atoms with Crippen LogP contribution in [0.3, 0.4) is 0 Å². The molecule has 4 aliphatic rings. The topological polar surface area (TPSA) is 33.2 Å². The normalized spacial score (nSPS) is 40.3. The van der Waals surface area contributed by atoms with Crippen molar-refractivity contribution >= 4 is 11.5 Å². The lowest BCUT2D eigenvalue weighted by molar-refractivity contribution is -0.151. The van der Waals surface area contributed by atoms with E-state index in [2.05, 4.69) is 49.0 Å². The molecular weight excluding hydrogens is 368 g/mol. The summed E-state index contributed by atoms with van der Waals surface area (Å²) in [5.41, 5.74) is 4.86. The number of rotatable bonds is 2. The number of likely N-dealkylation sites (tertiary alicyclic amines) is 1. The van der Waals surface area contributed by atoms with Gasteiger partial charge < -0.3 is 4.90 Å². The van der Waals surface area contributed by atoms with Crippen molar-refractivity contribution in [3.05, 3.63) is 35.7 Å². The Morgan fingerprint density at radius 1 is 1.17 bits per heavy atom. The molecule has 2 heterocycles. The van der Waals surface area contributed by atoms with Crippen molar-refractivity contribution in [3.8, 4) is 0 Å². The van der Waals surface area contributed by atoms with Gasteiger partial charge in [0.15, 0.2) is 0 Å². The van der Waals surface area contributed by atoms with Crippen LogP contribution in [0.1, 0.15) is 83.8 Å². The van der Waals surface area contributed by atoms with Crippen molar-refractivity contribution in [2.45, 2.75) is 85.1 Å². The molecule has 3 nitrogen and oxygen atoms in total. The molecule has 3 heteroatoms. The Hall–Kier alpha value is -1.64. The number of aryl methyl sites for hydroxylation is 1. The fourth-order valence-corrected chi connectivity index (χ4v) is 8.31. The molecule has 0 spiro atoms. The SMILES string of the molecule is CCc1cncc(C2=CC[C@H]3C4CCC5N(C(C)=O)CCC[C@]5(C)[C@H]4CC[C@]23C)c1. The number of hydrogen-bond acceptors (Lipinski definition) is 2. The summed E-state index contributed by atoms with van der Waals surface area (Å²) in [5.74, 6) is 2.61. The highest BCUT2D eigenvalue weighted by Gasteiger charge is 2.59. The third-order valence-electron chi connectivity index (χ3n) is 9.81. The van der Waals surface area contributed by atoms with Gasteiger partial charge in [0.2, 0.25) is 5.91 Å². The Balaban J connectivity index is 1.44. The number of fused-ring (bicyclic) bond motifs is 5. The first-order valence-corrected chi connectivity index (χ1v) is 12.3. The fourth-order valence-electron chi connectivity index (χ4n) is 8.31. The van der Waals surface area contributed by atoms with Crippen molar-refractivity contribution in [1.29, 1.82) is 0 Å². The molecule has 0 radical (unpaired) electrons. The van der Waals surface area contributed by atoms with E-state index in [-0.39, 0.29) is 11.3 Å². The van der Waals surface area contributed by atoms with Gasteiger partial charge in [0.1, 0.15) is 0 Å². The highest BCUT2D eigenvalue weighted by atomic mass is 16.2. The van der Waals surface area contributed by atoms with Crippen LogP contribution in [0, 0.1) is 28.6 Å². The molecule has 3 fully saturated rings. The van der Waals surface area contributed by atoms with Gasteiger partial charge >= 0.3 is 0 Å². The van der Waals surface area contributed by atoms with Crippen molar-refractivity contribution in [3.63, 3.8) is 0 Å². The lowest BCUT2D eigenvalue weighted by atomic mass is 9.46. The second kappa shape index (κ2) is 7.21. The molecule has 2 saturated carbocycles. The molecule has 0 bridgehead atoms. The minimum absolute atomic E-state index is 0.285. The van der Waals surface area contributed by atoms with E-state index >= 15 is 0 Å². The second-order valence-electron chi connectivity index (χ2n) is 11.0. The van der Waals surface area contributed by atoms with Crippen LogP contribution in [-0.4, -0.2) is 28.4 Å². The monoisotopic (exact) mass is 406 g/mol. The molecule has 0 N–H and O–H groups in total. The van der Waals surface area contributed by atoms with Crippen molar-refractivity contribution in [1.82, 2.24) is 9.88 Å². The number of amides is 1. The molecule has 30 heavy (non-hydrogen) atoms. The van der Waals surface area contributed by atoms with E-state index in [9.17, 15) is 4.79 Å². The number of piperidine rings is 1. The van der Waals surface area contributed by atoms with Crippen LogP contribution < -0.4 is 0 Å². The van der Waals surface area contributed by atoms with E-state index in [4.69, 9.17) is 0 Å².